The second kappa shape index (κ2) is 2.51. The molecule has 9 heavy (non-hydrogen) atoms. The molecule has 0 aromatic heterocycles. The monoisotopic (exact) mass is 144 g/mol. The van der Waals surface area contributed by atoms with Crippen LogP contribution >= 0.6 is 11.8 Å². The first-order chi connectivity index (χ1) is 4.47. The van der Waals surface area contributed by atoms with Crippen molar-refractivity contribution < 1.29 is 4.74 Å². The fourth-order valence-corrected chi connectivity index (χ4v) is 3.12. The fourth-order valence-electron chi connectivity index (χ4n) is 1.64. The molecule has 0 bridgehead atoms. The molecule has 2 aliphatic rings. The van der Waals surface area contributed by atoms with Gasteiger partial charge >= 0.3 is 0 Å². The van der Waals surface area contributed by atoms with Gasteiger partial charge in [-0.3, -0.25) is 0 Å². The van der Waals surface area contributed by atoms with Crippen molar-refractivity contribution in [2.24, 2.45) is 5.92 Å². The van der Waals surface area contributed by atoms with Crippen molar-refractivity contribution in [3.05, 3.63) is 0 Å². The van der Waals surface area contributed by atoms with Crippen LogP contribution in [0.4, 0.5) is 0 Å². The topological polar surface area (TPSA) is 9.23 Å². The standard InChI is InChI=1S/C7H12OS/c1-3-8-5-7-6(1)2-4-9-7/h6-7H,1-5H2. The van der Waals surface area contributed by atoms with Crippen molar-refractivity contribution in [1.29, 1.82) is 0 Å². The van der Waals surface area contributed by atoms with E-state index in [4.69, 9.17) is 4.74 Å². The molecule has 2 heteroatoms. The van der Waals surface area contributed by atoms with Gasteiger partial charge in [0.15, 0.2) is 0 Å². The summed E-state index contributed by atoms with van der Waals surface area (Å²) in [6.45, 7) is 2.04. The van der Waals surface area contributed by atoms with Crippen LogP contribution in [0.25, 0.3) is 0 Å². The highest BCUT2D eigenvalue weighted by atomic mass is 32.2. The predicted molar refractivity (Wildman–Crippen MR) is 39.8 cm³/mol. The zero-order valence-electron chi connectivity index (χ0n) is 5.51. The second-order valence-corrected chi connectivity index (χ2v) is 4.17. The first-order valence-electron chi connectivity index (χ1n) is 3.66. The van der Waals surface area contributed by atoms with Gasteiger partial charge in [-0.2, -0.15) is 11.8 Å². The zero-order valence-corrected chi connectivity index (χ0v) is 6.32. The molecule has 2 unspecified atom stereocenters. The highest BCUT2D eigenvalue weighted by Gasteiger charge is 2.30. The molecule has 0 aliphatic carbocycles. The Kier molecular flexibility index (Phi) is 1.68. The average molecular weight is 144 g/mol. The molecule has 1 nitrogen and oxygen atoms in total. The van der Waals surface area contributed by atoms with E-state index in [1.54, 1.807) is 0 Å². The molecular formula is C7H12OS. The molecule has 0 amide bonds. The number of hydrogen-bond donors (Lipinski definition) is 0. The Labute approximate surface area is 60.2 Å². The van der Waals surface area contributed by atoms with Crippen molar-refractivity contribution in [3.63, 3.8) is 0 Å². The minimum Gasteiger partial charge on any atom is -0.380 e. The number of rotatable bonds is 0. The minimum atomic E-state index is 0.860. The second-order valence-electron chi connectivity index (χ2n) is 2.82. The predicted octanol–water partition coefficient (Wildman–Crippen LogP) is 1.53. The summed E-state index contributed by atoms with van der Waals surface area (Å²) in [6.07, 6.45) is 2.76. The van der Waals surface area contributed by atoms with Gasteiger partial charge in [-0.25, -0.2) is 0 Å². The van der Waals surface area contributed by atoms with Crippen LogP contribution < -0.4 is 0 Å². The molecule has 0 N–H and O–H groups in total. The molecule has 0 aromatic rings. The molecule has 0 aromatic carbocycles. The molecule has 2 heterocycles. The van der Waals surface area contributed by atoms with Crippen molar-refractivity contribution in [3.8, 4) is 0 Å². The molecule has 0 radical (unpaired) electrons. The molecular weight excluding hydrogens is 132 g/mol. The van der Waals surface area contributed by atoms with E-state index in [0.717, 1.165) is 24.4 Å². The van der Waals surface area contributed by atoms with Crippen LogP contribution in [0.5, 0.6) is 0 Å². The highest BCUT2D eigenvalue weighted by Crippen LogP contribution is 2.36. The Hall–Kier alpha value is 0.310. The van der Waals surface area contributed by atoms with Gasteiger partial charge in [0.25, 0.3) is 0 Å². The summed E-state index contributed by atoms with van der Waals surface area (Å²) >= 11 is 2.10. The Bertz CT molecular complexity index is 93.1. The summed E-state index contributed by atoms with van der Waals surface area (Å²) < 4.78 is 5.36. The van der Waals surface area contributed by atoms with Gasteiger partial charge in [-0.05, 0) is 24.5 Å². The summed E-state index contributed by atoms with van der Waals surface area (Å²) in [6, 6.07) is 0. The Balaban J connectivity index is 1.97. The number of fused-ring (bicyclic) bond motifs is 1. The van der Waals surface area contributed by atoms with Crippen LogP contribution in [0.3, 0.4) is 0 Å². The summed E-state index contributed by atoms with van der Waals surface area (Å²) in [5.74, 6) is 2.38. The quantitative estimate of drug-likeness (QED) is 0.510. The third kappa shape index (κ3) is 1.10. The molecule has 2 saturated heterocycles. The van der Waals surface area contributed by atoms with E-state index in [9.17, 15) is 0 Å². The van der Waals surface area contributed by atoms with Gasteiger partial charge in [0.05, 0.1) is 6.61 Å². The van der Waals surface area contributed by atoms with E-state index in [2.05, 4.69) is 11.8 Å². The van der Waals surface area contributed by atoms with Gasteiger partial charge in [0.2, 0.25) is 0 Å². The molecule has 2 aliphatic heterocycles. The largest absolute Gasteiger partial charge is 0.380 e. The van der Waals surface area contributed by atoms with Crippen LogP contribution in [0.1, 0.15) is 12.8 Å². The number of ether oxygens (including phenoxy) is 1. The van der Waals surface area contributed by atoms with Crippen LogP contribution in [-0.2, 0) is 4.74 Å². The van der Waals surface area contributed by atoms with Crippen molar-refractivity contribution >= 4 is 11.8 Å². The first-order valence-corrected chi connectivity index (χ1v) is 4.71. The van der Waals surface area contributed by atoms with E-state index < -0.39 is 0 Å². The summed E-state index contributed by atoms with van der Waals surface area (Å²) in [7, 11) is 0. The summed E-state index contributed by atoms with van der Waals surface area (Å²) in [5, 5.41) is 0.860. The third-order valence-corrected chi connectivity index (χ3v) is 3.68. The lowest BCUT2D eigenvalue weighted by atomic mass is 9.98. The van der Waals surface area contributed by atoms with Crippen molar-refractivity contribution in [2.75, 3.05) is 19.0 Å². The maximum Gasteiger partial charge on any atom is 0.0587 e. The molecule has 52 valence electrons. The SMILES string of the molecule is C1CC2CCSC2CO1. The molecule has 0 spiro atoms. The van der Waals surface area contributed by atoms with E-state index in [1.165, 1.54) is 18.6 Å². The average Bonchev–Trinajstić information content (AvgIpc) is 2.33. The fraction of sp³-hybridized carbons (Fsp3) is 1.00. The molecule has 0 saturated carbocycles. The van der Waals surface area contributed by atoms with Crippen molar-refractivity contribution in [2.45, 2.75) is 18.1 Å². The number of hydrogen-bond acceptors (Lipinski definition) is 2. The molecule has 2 atom stereocenters. The smallest absolute Gasteiger partial charge is 0.0587 e. The first kappa shape index (κ1) is 6.05. The van der Waals surface area contributed by atoms with Crippen molar-refractivity contribution in [1.82, 2.24) is 0 Å². The summed E-state index contributed by atoms with van der Waals surface area (Å²) in [4.78, 5) is 0. The lowest BCUT2D eigenvalue weighted by Crippen LogP contribution is -2.25. The maximum atomic E-state index is 5.36. The van der Waals surface area contributed by atoms with Gasteiger partial charge in [0.1, 0.15) is 0 Å². The van der Waals surface area contributed by atoms with Crippen LogP contribution in [0.15, 0.2) is 0 Å². The van der Waals surface area contributed by atoms with Crippen LogP contribution in [0.2, 0.25) is 0 Å². The Morgan fingerprint density at radius 2 is 2.33 bits per heavy atom. The summed E-state index contributed by atoms with van der Waals surface area (Å²) in [5.41, 5.74) is 0. The maximum absolute atomic E-state index is 5.36. The van der Waals surface area contributed by atoms with Crippen LogP contribution in [0, 0.1) is 5.92 Å². The van der Waals surface area contributed by atoms with E-state index in [-0.39, 0.29) is 0 Å². The zero-order chi connectivity index (χ0) is 6.10. The van der Waals surface area contributed by atoms with Gasteiger partial charge in [-0.1, -0.05) is 0 Å². The minimum absolute atomic E-state index is 0.860. The van der Waals surface area contributed by atoms with E-state index in [1.807, 2.05) is 0 Å². The number of thioether (sulfide) groups is 1. The normalized spacial score (nSPS) is 42.7. The van der Waals surface area contributed by atoms with Gasteiger partial charge < -0.3 is 4.74 Å². The third-order valence-electron chi connectivity index (χ3n) is 2.26. The Morgan fingerprint density at radius 1 is 1.33 bits per heavy atom. The van der Waals surface area contributed by atoms with Gasteiger partial charge in [-0.15, -0.1) is 0 Å². The van der Waals surface area contributed by atoms with Crippen LogP contribution in [-0.4, -0.2) is 24.2 Å². The Morgan fingerprint density at radius 3 is 3.22 bits per heavy atom. The molecule has 2 rings (SSSR count). The van der Waals surface area contributed by atoms with E-state index in [0.29, 0.717) is 0 Å². The molecule has 2 fully saturated rings. The lowest BCUT2D eigenvalue weighted by Gasteiger charge is -2.23. The van der Waals surface area contributed by atoms with Gasteiger partial charge in [0, 0.05) is 11.9 Å². The highest BCUT2D eigenvalue weighted by molar-refractivity contribution is 8.00. The van der Waals surface area contributed by atoms with E-state index >= 15 is 0 Å². The lowest BCUT2D eigenvalue weighted by molar-refractivity contribution is 0.0749.